The van der Waals surface area contributed by atoms with Crippen LogP contribution in [-0.2, 0) is 11.2 Å². The summed E-state index contributed by atoms with van der Waals surface area (Å²) in [6.45, 7) is 2.16. The molecule has 1 heterocycles. The third-order valence-electron chi connectivity index (χ3n) is 2.93. The highest BCUT2D eigenvalue weighted by molar-refractivity contribution is 6.20. The number of alkyl halides is 1. The Morgan fingerprint density at radius 3 is 3.06 bits per heavy atom. The summed E-state index contributed by atoms with van der Waals surface area (Å²) in [6.07, 6.45) is 3.79. The Balaban J connectivity index is 2.12. The number of amides is 1. The van der Waals surface area contributed by atoms with Gasteiger partial charge in [0.1, 0.15) is 0 Å². The van der Waals surface area contributed by atoms with Crippen molar-refractivity contribution in [2.24, 2.45) is 0 Å². The molecule has 0 saturated carbocycles. The Labute approximate surface area is 101 Å². The van der Waals surface area contributed by atoms with E-state index in [1.54, 1.807) is 0 Å². The highest BCUT2D eigenvalue weighted by Gasteiger charge is 2.18. The lowest BCUT2D eigenvalue weighted by atomic mass is 10.0. The molecule has 1 amide bonds. The predicted octanol–water partition coefficient (Wildman–Crippen LogP) is 3.65. The van der Waals surface area contributed by atoms with Gasteiger partial charge in [0.15, 0.2) is 0 Å². The van der Waals surface area contributed by atoms with Crippen LogP contribution < -0.4 is 5.32 Å². The molecule has 0 aromatic heterocycles. The molecule has 1 unspecified atom stereocenters. The summed E-state index contributed by atoms with van der Waals surface area (Å²) in [4.78, 5) is 11.2. The van der Waals surface area contributed by atoms with Crippen molar-refractivity contribution in [3.63, 3.8) is 0 Å². The Hall–Kier alpha value is -1.02. The maximum atomic E-state index is 11.2. The van der Waals surface area contributed by atoms with E-state index in [1.807, 2.05) is 12.1 Å². The van der Waals surface area contributed by atoms with Crippen LogP contribution in [0, 0.1) is 0 Å². The molecule has 0 bridgehead atoms. The van der Waals surface area contributed by atoms with Gasteiger partial charge in [-0.25, -0.2) is 0 Å². The van der Waals surface area contributed by atoms with Crippen LogP contribution in [0.3, 0.4) is 0 Å². The first-order chi connectivity index (χ1) is 7.70. The van der Waals surface area contributed by atoms with Crippen LogP contribution in [0.5, 0.6) is 0 Å². The second-order valence-electron chi connectivity index (χ2n) is 4.25. The van der Waals surface area contributed by atoms with Crippen LogP contribution in [0.2, 0.25) is 0 Å². The van der Waals surface area contributed by atoms with Gasteiger partial charge < -0.3 is 5.32 Å². The van der Waals surface area contributed by atoms with Gasteiger partial charge in [0, 0.05) is 5.69 Å². The molecule has 16 heavy (non-hydrogen) atoms. The lowest BCUT2D eigenvalue weighted by Gasteiger charge is -2.10. The summed E-state index contributed by atoms with van der Waals surface area (Å²) in [5.41, 5.74) is 3.14. The van der Waals surface area contributed by atoms with E-state index in [-0.39, 0.29) is 11.3 Å². The summed E-state index contributed by atoms with van der Waals surface area (Å²) in [7, 11) is 0. The standard InChI is InChI=1S/C13H16ClNO/c1-2-3-4-11(14)9-5-6-12-10(7-9)8-13(16)15-12/h5-7,11H,2-4,8H2,1H3,(H,15,16). The maximum absolute atomic E-state index is 11.2. The molecule has 1 N–H and O–H groups in total. The van der Waals surface area contributed by atoms with Gasteiger partial charge in [-0.15, -0.1) is 11.6 Å². The molecule has 0 saturated heterocycles. The van der Waals surface area contributed by atoms with Crippen LogP contribution in [0.25, 0.3) is 0 Å². The van der Waals surface area contributed by atoms with Crippen molar-refractivity contribution in [2.75, 3.05) is 5.32 Å². The van der Waals surface area contributed by atoms with Crippen molar-refractivity contribution in [1.29, 1.82) is 0 Å². The molecule has 0 spiro atoms. The normalized spacial score (nSPS) is 15.8. The number of nitrogens with one attached hydrogen (secondary N) is 1. The van der Waals surface area contributed by atoms with E-state index >= 15 is 0 Å². The number of hydrogen-bond acceptors (Lipinski definition) is 1. The number of carbonyl (C=O) groups is 1. The summed E-state index contributed by atoms with van der Waals surface area (Å²) in [5, 5.41) is 2.89. The lowest BCUT2D eigenvalue weighted by Crippen LogP contribution is -2.03. The minimum atomic E-state index is 0.0703. The fourth-order valence-electron chi connectivity index (χ4n) is 1.99. The Bertz CT molecular complexity index is 403. The molecule has 1 aliphatic rings. The third kappa shape index (κ3) is 2.38. The number of unbranched alkanes of at least 4 members (excludes halogenated alkanes) is 1. The van der Waals surface area contributed by atoms with Crippen molar-refractivity contribution in [1.82, 2.24) is 0 Å². The molecule has 1 aromatic carbocycles. The average Bonchev–Trinajstić information content (AvgIpc) is 2.64. The smallest absolute Gasteiger partial charge is 0.228 e. The number of anilines is 1. The fraction of sp³-hybridized carbons (Fsp3) is 0.462. The average molecular weight is 238 g/mol. The van der Waals surface area contributed by atoms with E-state index in [2.05, 4.69) is 18.3 Å². The fourth-order valence-corrected chi connectivity index (χ4v) is 2.28. The van der Waals surface area contributed by atoms with E-state index in [9.17, 15) is 4.79 Å². The van der Waals surface area contributed by atoms with Crippen molar-refractivity contribution >= 4 is 23.2 Å². The number of fused-ring (bicyclic) bond motifs is 1. The largest absolute Gasteiger partial charge is 0.326 e. The molecule has 86 valence electrons. The third-order valence-corrected chi connectivity index (χ3v) is 3.40. The van der Waals surface area contributed by atoms with Gasteiger partial charge in [-0.2, -0.15) is 0 Å². The summed E-state index contributed by atoms with van der Waals surface area (Å²) >= 11 is 6.32. The van der Waals surface area contributed by atoms with Crippen LogP contribution in [0.4, 0.5) is 5.69 Å². The molecule has 3 heteroatoms. The van der Waals surface area contributed by atoms with Crippen LogP contribution >= 0.6 is 11.6 Å². The zero-order valence-corrected chi connectivity index (χ0v) is 10.2. The van der Waals surface area contributed by atoms with Gasteiger partial charge in [-0.3, -0.25) is 4.79 Å². The van der Waals surface area contributed by atoms with E-state index in [4.69, 9.17) is 11.6 Å². The summed E-state index contributed by atoms with van der Waals surface area (Å²) < 4.78 is 0. The minimum absolute atomic E-state index is 0.0703. The molecule has 0 radical (unpaired) electrons. The first kappa shape index (κ1) is 11.5. The molecule has 2 rings (SSSR count). The predicted molar refractivity (Wildman–Crippen MR) is 66.9 cm³/mol. The topological polar surface area (TPSA) is 29.1 Å². The highest BCUT2D eigenvalue weighted by Crippen LogP contribution is 2.31. The number of halogens is 1. The quantitative estimate of drug-likeness (QED) is 0.796. The minimum Gasteiger partial charge on any atom is -0.326 e. The second kappa shape index (κ2) is 4.88. The van der Waals surface area contributed by atoms with Crippen LogP contribution in [-0.4, -0.2) is 5.91 Å². The molecule has 1 aliphatic heterocycles. The summed E-state index contributed by atoms with van der Waals surface area (Å²) in [6, 6.07) is 6.02. The Morgan fingerprint density at radius 2 is 2.31 bits per heavy atom. The first-order valence-corrected chi connectivity index (χ1v) is 6.21. The van der Waals surface area contributed by atoms with E-state index in [1.165, 1.54) is 0 Å². The Kier molecular flexibility index (Phi) is 3.49. The van der Waals surface area contributed by atoms with Gasteiger partial charge in [0.25, 0.3) is 0 Å². The van der Waals surface area contributed by atoms with E-state index < -0.39 is 0 Å². The van der Waals surface area contributed by atoms with Gasteiger partial charge in [-0.1, -0.05) is 31.9 Å². The van der Waals surface area contributed by atoms with Crippen LogP contribution in [0.15, 0.2) is 18.2 Å². The molecule has 1 atom stereocenters. The first-order valence-electron chi connectivity index (χ1n) is 5.77. The molecular formula is C13H16ClNO. The van der Waals surface area contributed by atoms with E-state index in [0.29, 0.717) is 6.42 Å². The van der Waals surface area contributed by atoms with Crippen molar-refractivity contribution in [3.8, 4) is 0 Å². The van der Waals surface area contributed by atoms with Crippen LogP contribution in [0.1, 0.15) is 42.7 Å². The molecular weight excluding hydrogens is 222 g/mol. The Morgan fingerprint density at radius 1 is 1.50 bits per heavy atom. The van der Waals surface area contributed by atoms with Crippen molar-refractivity contribution in [3.05, 3.63) is 29.3 Å². The van der Waals surface area contributed by atoms with Gasteiger partial charge in [-0.05, 0) is 23.6 Å². The zero-order valence-electron chi connectivity index (χ0n) is 9.42. The molecule has 0 aliphatic carbocycles. The monoisotopic (exact) mass is 237 g/mol. The van der Waals surface area contributed by atoms with Crippen molar-refractivity contribution < 1.29 is 4.79 Å². The second-order valence-corrected chi connectivity index (χ2v) is 4.78. The van der Waals surface area contributed by atoms with Gasteiger partial charge >= 0.3 is 0 Å². The highest BCUT2D eigenvalue weighted by atomic mass is 35.5. The molecule has 2 nitrogen and oxygen atoms in total. The van der Waals surface area contributed by atoms with Crippen molar-refractivity contribution in [2.45, 2.75) is 38.0 Å². The number of rotatable bonds is 4. The van der Waals surface area contributed by atoms with Gasteiger partial charge in [0.05, 0.1) is 11.8 Å². The summed E-state index contributed by atoms with van der Waals surface area (Å²) in [5.74, 6) is 0.0758. The zero-order chi connectivity index (χ0) is 11.5. The lowest BCUT2D eigenvalue weighted by molar-refractivity contribution is -0.115. The number of carbonyl (C=O) groups excluding carboxylic acids is 1. The molecule has 1 aromatic rings. The maximum Gasteiger partial charge on any atom is 0.228 e. The van der Waals surface area contributed by atoms with Gasteiger partial charge in [0.2, 0.25) is 5.91 Å². The SMILES string of the molecule is CCCCC(Cl)c1ccc2c(c1)CC(=O)N2. The number of hydrogen-bond donors (Lipinski definition) is 1. The molecule has 0 fully saturated rings. The number of benzene rings is 1. The van der Waals surface area contributed by atoms with E-state index in [0.717, 1.165) is 36.1 Å².